The highest BCUT2D eigenvalue weighted by Gasteiger charge is 2.18. The maximum atomic E-state index is 8.93. The van der Waals surface area contributed by atoms with Gasteiger partial charge in [-0.15, -0.1) is 11.3 Å². The van der Waals surface area contributed by atoms with E-state index in [1.165, 1.54) is 21.6 Å². The van der Waals surface area contributed by atoms with E-state index < -0.39 is 0 Å². The highest BCUT2D eigenvalue weighted by Crippen LogP contribution is 2.41. The van der Waals surface area contributed by atoms with E-state index in [2.05, 4.69) is 60.3 Å². The Hall–Kier alpha value is -1.98. The molecule has 0 radical (unpaired) electrons. The molecule has 3 aromatic rings. The Morgan fingerprint density at radius 3 is 2.52 bits per heavy atom. The van der Waals surface area contributed by atoms with E-state index in [0.29, 0.717) is 5.92 Å². The van der Waals surface area contributed by atoms with E-state index in [1.54, 1.807) is 17.7 Å². The third-order valence-electron chi connectivity index (χ3n) is 4.88. The number of unbranched alkanes of at least 4 members (excludes halogenated alkanes) is 2. The molecule has 0 amide bonds. The van der Waals surface area contributed by atoms with Gasteiger partial charge >= 0.3 is 0 Å². The third kappa shape index (κ3) is 4.47. The number of aromatic nitrogens is 2. The van der Waals surface area contributed by atoms with E-state index in [9.17, 15) is 0 Å². The Kier molecular flexibility index (Phi) is 6.80. The van der Waals surface area contributed by atoms with Gasteiger partial charge in [-0.3, -0.25) is 0 Å². The standard InChI is InChI=1S/C22H29N3OS/c1-4-18-19(17-10-8-16(9-11-17)15(2)3)20-21(23-12-6-5-7-13-26)24-14-25-22(20)27-18/h8-11,14-15,26H,4-7,12-13H2,1-3H3,(H,23,24,25). The Morgan fingerprint density at radius 2 is 1.85 bits per heavy atom. The molecule has 0 aliphatic rings. The summed E-state index contributed by atoms with van der Waals surface area (Å²) in [5.41, 5.74) is 3.86. The average Bonchev–Trinajstić information content (AvgIpc) is 3.07. The quantitative estimate of drug-likeness (QED) is 0.471. The second-order valence-corrected chi connectivity index (χ2v) is 8.23. The summed E-state index contributed by atoms with van der Waals surface area (Å²) in [5, 5.41) is 13.6. The Bertz CT molecular complexity index is 871. The lowest BCUT2D eigenvalue weighted by Crippen LogP contribution is -2.04. The fraction of sp³-hybridized carbons (Fsp3) is 0.455. The first-order valence-corrected chi connectivity index (χ1v) is 10.7. The molecule has 0 unspecified atom stereocenters. The normalized spacial score (nSPS) is 11.4. The Morgan fingerprint density at radius 1 is 1.07 bits per heavy atom. The highest BCUT2D eigenvalue weighted by atomic mass is 32.1. The lowest BCUT2D eigenvalue weighted by Gasteiger charge is -2.11. The molecule has 27 heavy (non-hydrogen) atoms. The summed E-state index contributed by atoms with van der Waals surface area (Å²) in [6, 6.07) is 8.92. The average molecular weight is 384 g/mol. The minimum absolute atomic E-state index is 0.263. The molecule has 0 aliphatic heterocycles. The van der Waals surface area contributed by atoms with Gasteiger partial charge in [-0.05, 0) is 42.7 Å². The van der Waals surface area contributed by atoms with E-state index in [1.807, 2.05) is 0 Å². The molecule has 0 bridgehead atoms. The van der Waals surface area contributed by atoms with Gasteiger partial charge in [-0.1, -0.05) is 45.0 Å². The summed E-state index contributed by atoms with van der Waals surface area (Å²) in [4.78, 5) is 11.5. The number of rotatable bonds is 9. The molecule has 0 saturated heterocycles. The van der Waals surface area contributed by atoms with Gasteiger partial charge in [-0.25, -0.2) is 9.97 Å². The summed E-state index contributed by atoms with van der Waals surface area (Å²) in [6.07, 6.45) is 5.53. The first kappa shape index (κ1) is 19.8. The number of benzene rings is 1. The zero-order valence-corrected chi connectivity index (χ0v) is 17.3. The number of hydrogen-bond donors (Lipinski definition) is 2. The molecule has 0 fully saturated rings. The van der Waals surface area contributed by atoms with Crippen LogP contribution >= 0.6 is 11.3 Å². The number of nitrogens with zero attached hydrogens (tertiary/aromatic N) is 2. The summed E-state index contributed by atoms with van der Waals surface area (Å²) in [7, 11) is 0. The van der Waals surface area contributed by atoms with Crippen LogP contribution in [0, 0.1) is 0 Å². The van der Waals surface area contributed by atoms with Crippen LogP contribution in [0.15, 0.2) is 30.6 Å². The molecule has 2 N–H and O–H groups in total. The monoisotopic (exact) mass is 383 g/mol. The number of thiophene rings is 1. The number of aliphatic hydroxyl groups excluding tert-OH is 1. The summed E-state index contributed by atoms with van der Waals surface area (Å²) < 4.78 is 0. The van der Waals surface area contributed by atoms with Crippen LogP contribution in [-0.4, -0.2) is 28.2 Å². The number of aryl methyl sites for hydroxylation is 1. The van der Waals surface area contributed by atoms with Crippen LogP contribution < -0.4 is 5.32 Å². The van der Waals surface area contributed by atoms with Crippen LogP contribution in [0.5, 0.6) is 0 Å². The van der Waals surface area contributed by atoms with E-state index in [-0.39, 0.29) is 6.61 Å². The van der Waals surface area contributed by atoms with Crippen molar-refractivity contribution in [3.63, 3.8) is 0 Å². The van der Waals surface area contributed by atoms with Crippen LogP contribution in [0.25, 0.3) is 21.3 Å². The fourth-order valence-electron chi connectivity index (χ4n) is 3.32. The van der Waals surface area contributed by atoms with Gasteiger partial charge in [0, 0.05) is 23.6 Å². The van der Waals surface area contributed by atoms with Crippen LogP contribution in [0.4, 0.5) is 5.82 Å². The van der Waals surface area contributed by atoms with Gasteiger partial charge in [-0.2, -0.15) is 0 Å². The molecule has 1 aromatic carbocycles. The minimum atomic E-state index is 0.263. The van der Waals surface area contributed by atoms with Crippen molar-refractivity contribution in [2.75, 3.05) is 18.5 Å². The van der Waals surface area contributed by atoms with Crippen molar-refractivity contribution in [2.24, 2.45) is 0 Å². The molecule has 0 aliphatic carbocycles. The largest absolute Gasteiger partial charge is 0.396 e. The molecule has 2 aromatic heterocycles. The molecule has 3 rings (SSSR count). The highest BCUT2D eigenvalue weighted by molar-refractivity contribution is 7.19. The minimum Gasteiger partial charge on any atom is -0.396 e. The van der Waals surface area contributed by atoms with Crippen molar-refractivity contribution in [1.29, 1.82) is 0 Å². The van der Waals surface area contributed by atoms with Crippen molar-refractivity contribution >= 4 is 27.4 Å². The van der Waals surface area contributed by atoms with E-state index >= 15 is 0 Å². The maximum Gasteiger partial charge on any atom is 0.138 e. The number of fused-ring (bicyclic) bond motifs is 1. The van der Waals surface area contributed by atoms with Crippen LogP contribution in [0.3, 0.4) is 0 Å². The third-order valence-corrected chi connectivity index (χ3v) is 6.12. The topological polar surface area (TPSA) is 58.0 Å². The molecular formula is C22H29N3OS. The van der Waals surface area contributed by atoms with Crippen molar-refractivity contribution in [3.8, 4) is 11.1 Å². The first-order valence-electron chi connectivity index (χ1n) is 9.87. The molecule has 0 atom stereocenters. The predicted octanol–water partition coefficient (Wildman–Crippen LogP) is 5.62. The summed E-state index contributed by atoms with van der Waals surface area (Å²) >= 11 is 1.77. The number of anilines is 1. The van der Waals surface area contributed by atoms with Crippen LogP contribution in [0.2, 0.25) is 0 Å². The molecule has 144 valence electrons. The van der Waals surface area contributed by atoms with Gasteiger partial charge in [0.25, 0.3) is 0 Å². The fourth-order valence-corrected chi connectivity index (χ4v) is 4.42. The van der Waals surface area contributed by atoms with E-state index in [4.69, 9.17) is 5.11 Å². The van der Waals surface area contributed by atoms with Crippen molar-refractivity contribution in [1.82, 2.24) is 9.97 Å². The van der Waals surface area contributed by atoms with Crippen molar-refractivity contribution in [2.45, 2.75) is 52.4 Å². The summed E-state index contributed by atoms with van der Waals surface area (Å²) in [5.74, 6) is 1.45. The van der Waals surface area contributed by atoms with Crippen molar-refractivity contribution in [3.05, 3.63) is 41.0 Å². The maximum absolute atomic E-state index is 8.93. The molecule has 5 heteroatoms. The Labute approximate surface area is 165 Å². The Balaban J connectivity index is 1.97. The van der Waals surface area contributed by atoms with Gasteiger partial charge in [0.2, 0.25) is 0 Å². The van der Waals surface area contributed by atoms with Gasteiger partial charge in [0.05, 0.1) is 5.39 Å². The van der Waals surface area contributed by atoms with Crippen molar-refractivity contribution < 1.29 is 5.11 Å². The van der Waals surface area contributed by atoms with Gasteiger partial charge < -0.3 is 10.4 Å². The number of nitrogens with one attached hydrogen (secondary N) is 1. The molecule has 0 spiro atoms. The predicted molar refractivity (Wildman–Crippen MR) is 116 cm³/mol. The molecule has 2 heterocycles. The lowest BCUT2D eigenvalue weighted by atomic mass is 9.97. The smallest absolute Gasteiger partial charge is 0.138 e. The summed E-state index contributed by atoms with van der Waals surface area (Å²) in [6.45, 7) is 7.76. The first-order chi connectivity index (χ1) is 13.2. The zero-order valence-electron chi connectivity index (χ0n) is 16.5. The second kappa shape index (κ2) is 9.29. The molecular weight excluding hydrogens is 354 g/mol. The van der Waals surface area contributed by atoms with E-state index in [0.717, 1.165) is 48.3 Å². The SMILES string of the molecule is CCc1sc2ncnc(NCCCCCO)c2c1-c1ccc(C(C)C)cc1. The van der Waals surface area contributed by atoms with Gasteiger partial charge in [0.1, 0.15) is 17.0 Å². The zero-order chi connectivity index (χ0) is 19.2. The molecule has 0 saturated carbocycles. The molecule has 4 nitrogen and oxygen atoms in total. The second-order valence-electron chi connectivity index (χ2n) is 7.14. The van der Waals surface area contributed by atoms with Crippen LogP contribution in [-0.2, 0) is 6.42 Å². The lowest BCUT2D eigenvalue weighted by molar-refractivity contribution is 0.283. The number of aliphatic hydroxyl groups is 1. The van der Waals surface area contributed by atoms with Crippen LogP contribution in [0.1, 0.15) is 56.4 Å². The van der Waals surface area contributed by atoms with Gasteiger partial charge in [0.15, 0.2) is 0 Å². The number of hydrogen-bond acceptors (Lipinski definition) is 5.